The van der Waals surface area contributed by atoms with E-state index in [0.29, 0.717) is 19.1 Å². The Kier molecular flexibility index (Phi) is 6.30. The summed E-state index contributed by atoms with van der Waals surface area (Å²) in [5.74, 6) is 1.32. The van der Waals surface area contributed by atoms with E-state index in [1.165, 1.54) is 32.1 Å². The fourth-order valence-electron chi connectivity index (χ4n) is 3.98. The van der Waals surface area contributed by atoms with Crippen molar-refractivity contribution in [1.29, 1.82) is 0 Å². The Morgan fingerprint density at radius 1 is 1.27 bits per heavy atom. The Bertz CT molecular complexity index is 731. The maximum absolute atomic E-state index is 12.5. The third-order valence-electron chi connectivity index (χ3n) is 5.49. The van der Waals surface area contributed by atoms with Crippen LogP contribution in [0.1, 0.15) is 57.7 Å². The molecule has 1 N–H and O–H groups in total. The Morgan fingerprint density at radius 3 is 2.73 bits per heavy atom. The van der Waals surface area contributed by atoms with Crippen molar-refractivity contribution >= 4 is 16.9 Å². The summed E-state index contributed by atoms with van der Waals surface area (Å²) in [4.78, 5) is 19.6. The number of hydrogen-bond donors (Lipinski definition) is 1. The first-order valence-electron chi connectivity index (χ1n) is 9.98. The number of aromatic nitrogens is 2. The number of amides is 1. The number of hydrogen-bond acceptors (Lipinski definition) is 3. The van der Waals surface area contributed by atoms with E-state index >= 15 is 0 Å². The molecule has 3 rings (SSSR count). The van der Waals surface area contributed by atoms with Gasteiger partial charge in [-0.1, -0.05) is 45.2 Å². The van der Waals surface area contributed by atoms with Crippen LogP contribution in [0, 0.1) is 0 Å². The van der Waals surface area contributed by atoms with Gasteiger partial charge in [0, 0.05) is 25.0 Å². The number of benzene rings is 1. The van der Waals surface area contributed by atoms with Crippen LogP contribution >= 0.6 is 0 Å². The Balaban J connectivity index is 1.56. The molecule has 5 nitrogen and oxygen atoms in total. The number of nitrogens with zero attached hydrogens (tertiary/aromatic N) is 3. The minimum Gasteiger partial charge on any atom is -0.353 e. The highest BCUT2D eigenvalue weighted by Gasteiger charge is 2.18. The smallest absolute Gasteiger partial charge is 0.240 e. The number of likely N-dealkylation sites (N-methyl/N-ethyl adjacent to an activating group) is 1. The molecule has 1 aliphatic rings. The average Bonchev–Trinajstić information content (AvgIpc) is 3.01. The summed E-state index contributed by atoms with van der Waals surface area (Å²) in [6, 6.07) is 8.73. The molecule has 0 unspecified atom stereocenters. The second-order valence-electron chi connectivity index (χ2n) is 7.82. The molecule has 0 spiro atoms. The molecule has 1 aromatic carbocycles. The fourth-order valence-corrected chi connectivity index (χ4v) is 3.98. The van der Waals surface area contributed by atoms with Crippen molar-refractivity contribution in [3.8, 4) is 0 Å². The molecule has 0 radical (unpaired) electrons. The predicted octanol–water partition coefficient (Wildman–Crippen LogP) is 3.54. The van der Waals surface area contributed by atoms with Gasteiger partial charge in [-0.05, 0) is 32.0 Å². The highest BCUT2D eigenvalue weighted by atomic mass is 16.1. The van der Waals surface area contributed by atoms with Gasteiger partial charge in [0.15, 0.2) is 0 Å². The summed E-state index contributed by atoms with van der Waals surface area (Å²) in [6.07, 6.45) is 6.64. The van der Waals surface area contributed by atoms with Crippen molar-refractivity contribution in [2.75, 3.05) is 20.1 Å². The van der Waals surface area contributed by atoms with Crippen molar-refractivity contribution in [1.82, 2.24) is 19.8 Å². The van der Waals surface area contributed by atoms with Crippen LogP contribution in [0.15, 0.2) is 24.3 Å². The van der Waals surface area contributed by atoms with E-state index in [1.54, 1.807) is 0 Å². The zero-order valence-corrected chi connectivity index (χ0v) is 16.4. The number of nitrogens with one attached hydrogen (secondary N) is 1. The molecule has 2 aromatic rings. The molecule has 1 aromatic heterocycles. The molecule has 0 saturated heterocycles. The lowest BCUT2D eigenvalue weighted by Crippen LogP contribution is -2.40. The van der Waals surface area contributed by atoms with E-state index in [1.807, 2.05) is 24.3 Å². The van der Waals surface area contributed by atoms with Gasteiger partial charge in [-0.2, -0.15) is 0 Å². The van der Waals surface area contributed by atoms with Crippen molar-refractivity contribution < 1.29 is 4.79 Å². The van der Waals surface area contributed by atoms with Crippen LogP contribution in [-0.2, 0) is 11.3 Å². The first-order chi connectivity index (χ1) is 12.6. The first kappa shape index (κ1) is 18.9. The summed E-state index contributed by atoms with van der Waals surface area (Å²) in [5.41, 5.74) is 1.99. The molecule has 0 bridgehead atoms. The summed E-state index contributed by atoms with van der Waals surface area (Å²) in [5, 5.41) is 3.09. The van der Waals surface area contributed by atoms with Crippen molar-refractivity contribution in [2.45, 2.75) is 64.5 Å². The topological polar surface area (TPSA) is 50.2 Å². The summed E-state index contributed by atoms with van der Waals surface area (Å²) >= 11 is 0. The third-order valence-corrected chi connectivity index (χ3v) is 5.49. The van der Waals surface area contributed by atoms with Crippen molar-refractivity contribution in [3.05, 3.63) is 30.1 Å². The lowest BCUT2D eigenvalue weighted by molar-refractivity contribution is -0.121. The number of imidazole rings is 1. The molecule has 26 heavy (non-hydrogen) atoms. The molecule has 0 aliphatic heterocycles. The number of carbonyl (C=O) groups is 1. The van der Waals surface area contributed by atoms with Gasteiger partial charge in [0.1, 0.15) is 12.4 Å². The molecule has 1 heterocycles. The highest BCUT2D eigenvalue weighted by molar-refractivity contribution is 5.81. The van der Waals surface area contributed by atoms with Gasteiger partial charge in [-0.15, -0.1) is 0 Å². The largest absolute Gasteiger partial charge is 0.353 e. The standard InChI is InChI=1S/C21H32N4O/c1-16(2)21-23-18-11-7-8-12-19(18)25(21)15-20(26)22-13-14-24(3)17-9-5-4-6-10-17/h7-8,11-12,16-17H,4-6,9-10,13-15H2,1-3H3,(H,22,26). The van der Waals surface area contributed by atoms with Gasteiger partial charge in [-0.3, -0.25) is 4.79 Å². The van der Waals surface area contributed by atoms with Crippen molar-refractivity contribution in [3.63, 3.8) is 0 Å². The molecule has 1 fully saturated rings. The highest BCUT2D eigenvalue weighted by Crippen LogP contribution is 2.22. The minimum absolute atomic E-state index is 0.0621. The number of para-hydroxylation sites is 2. The van der Waals surface area contributed by atoms with Crippen LogP contribution in [0.2, 0.25) is 0 Å². The van der Waals surface area contributed by atoms with Gasteiger partial charge >= 0.3 is 0 Å². The van der Waals surface area contributed by atoms with E-state index in [9.17, 15) is 4.79 Å². The minimum atomic E-state index is 0.0621. The zero-order valence-electron chi connectivity index (χ0n) is 16.4. The normalized spacial score (nSPS) is 15.9. The Hall–Kier alpha value is -1.88. The molecule has 0 atom stereocenters. The van der Waals surface area contributed by atoms with E-state index in [4.69, 9.17) is 4.98 Å². The second-order valence-corrected chi connectivity index (χ2v) is 7.82. The molecule has 1 amide bonds. The average molecular weight is 357 g/mol. The molecule has 1 aliphatic carbocycles. The van der Waals surface area contributed by atoms with Crippen LogP contribution < -0.4 is 5.32 Å². The molecule has 1 saturated carbocycles. The Labute approximate surface area is 156 Å². The summed E-state index contributed by atoms with van der Waals surface area (Å²) in [6.45, 7) is 6.19. The van der Waals surface area contributed by atoms with Crippen LogP contribution in [-0.4, -0.2) is 46.5 Å². The van der Waals surface area contributed by atoms with Crippen LogP contribution in [0.5, 0.6) is 0 Å². The van der Waals surface area contributed by atoms with Gasteiger partial charge in [0.05, 0.1) is 11.0 Å². The fraction of sp³-hybridized carbons (Fsp3) is 0.619. The second kappa shape index (κ2) is 8.67. The van der Waals surface area contributed by atoms with Gasteiger partial charge in [-0.25, -0.2) is 4.98 Å². The molecular formula is C21H32N4O. The maximum Gasteiger partial charge on any atom is 0.240 e. The molecule has 5 heteroatoms. The first-order valence-corrected chi connectivity index (χ1v) is 9.98. The van der Waals surface area contributed by atoms with Crippen LogP contribution in [0.25, 0.3) is 11.0 Å². The van der Waals surface area contributed by atoms with E-state index in [0.717, 1.165) is 23.4 Å². The van der Waals surface area contributed by atoms with Crippen LogP contribution in [0.4, 0.5) is 0 Å². The van der Waals surface area contributed by atoms with Crippen molar-refractivity contribution in [2.24, 2.45) is 0 Å². The molecule has 142 valence electrons. The lowest BCUT2D eigenvalue weighted by atomic mass is 9.94. The monoisotopic (exact) mass is 356 g/mol. The van der Waals surface area contributed by atoms with E-state index in [-0.39, 0.29) is 11.8 Å². The van der Waals surface area contributed by atoms with E-state index < -0.39 is 0 Å². The quantitative estimate of drug-likeness (QED) is 0.825. The lowest BCUT2D eigenvalue weighted by Gasteiger charge is -2.31. The Morgan fingerprint density at radius 2 is 2.00 bits per heavy atom. The van der Waals surface area contributed by atoms with Gasteiger partial charge < -0.3 is 14.8 Å². The number of rotatable bonds is 7. The van der Waals surface area contributed by atoms with Gasteiger partial charge in [0.2, 0.25) is 5.91 Å². The summed E-state index contributed by atoms with van der Waals surface area (Å²) in [7, 11) is 2.18. The predicted molar refractivity (Wildman–Crippen MR) is 106 cm³/mol. The SMILES string of the molecule is CC(C)c1nc2ccccc2n1CC(=O)NCCN(C)C1CCCCC1. The van der Waals surface area contributed by atoms with E-state index in [2.05, 4.69) is 35.7 Å². The number of fused-ring (bicyclic) bond motifs is 1. The summed E-state index contributed by atoms with van der Waals surface area (Å²) < 4.78 is 2.06. The number of carbonyl (C=O) groups excluding carboxylic acids is 1. The maximum atomic E-state index is 12.5. The zero-order chi connectivity index (χ0) is 18.5. The third kappa shape index (κ3) is 4.44. The van der Waals surface area contributed by atoms with Crippen LogP contribution in [0.3, 0.4) is 0 Å². The van der Waals surface area contributed by atoms with Gasteiger partial charge in [0.25, 0.3) is 0 Å². The molecular weight excluding hydrogens is 324 g/mol.